The first-order chi connectivity index (χ1) is 15.5. The van der Waals surface area contributed by atoms with Crippen molar-refractivity contribution in [2.24, 2.45) is 46.8 Å². The molecule has 3 N–H and O–H groups in total. The molecule has 4 aliphatic carbocycles. The minimum Gasteiger partial charge on any atom is -0.344 e. The van der Waals surface area contributed by atoms with Crippen LogP contribution in [0.2, 0.25) is 0 Å². The van der Waals surface area contributed by atoms with Gasteiger partial charge in [-0.2, -0.15) is 3.89 Å². The van der Waals surface area contributed by atoms with Crippen molar-refractivity contribution < 1.29 is 3.89 Å². The van der Waals surface area contributed by atoms with Crippen molar-refractivity contribution in [3.8, 4) is 0 Å². The summed E-state index contributed by atoms with van der Waals surface area (Å²) in [5.74, 6) is 6.58. The molecule has 2 fully saturated rings. The summed E-state index contributed by atoms with van der Waals surface area (Å²) >= 11 is 0.629. The average Bonchev–Trinajstić information content (AvgIpc) is 3.12. The second kappa shape index (κ2) is 12.3. The number of hydrogen-bond donors (Lipinski definition) is 1. The fourth-order valence-electron chi connectivity index (χ4n) is 8.95. The molecule has 0 aromatic heterocycles. The number of hydrogen-bond acceptors (Lipinski definition) is 2. The maximum Gasteiger partial charge on any atom is 0.0449 e. The van der Waals surface area contributed by atoms with Gasteiger partial charge in [0.25, 0.3) is 0 Å². The smallest absolute Gasteiger partial charge is 0.0449 e. The Hall–Kier alpha value is -0.0200. The van der Waals surface area contributed by atoms with Gasteiger partial charge in [0.2, 0.25) is 0 Å². The van der Waals surface area contributed by atoms with Gasteiger partial charge >= 0.3 is 0 Å². The van der Waals surface area contributed by atoms with E-state index in [1.54, 1.807) is 5.57 Å². The Bertz CT molecular complexity index is 645. The van der Waals surface area contributed by atoms with E-state index in [-0.39, 0.29) is 6.15 Å². The molecule has 7 unspecified atom stereocenters. The van der Waals surface area contributed by atoms with Gasteiger partial charge in [-0.05, 0) is 105 Å². The second-order valence-corrected chi connectivity index (χ2v) is 13.4. The molecule has 0 aromatic carbocycles. The maximum absolute atomic E-state index is 13.6. The Balaban J connectivity index is 0.00000306. The number of allylic oxidation sites excluding steroid dienone is 2. The highest BCUT2D eigenvalue weighted by Crippen LogP contribution is 2.65. The molecule has 0 aliphatic heterocycles. The summed E-state index contributed by atoms with van der Waals surface area (Å²) in [5.41, 5.74) is 4.19. The predicted molar refractivity (Wildman–Crippen MR) is 144 cm³/mol. The molecule has 192 valence electrons. The van der Waals surface area contributed by atoms with Gasteiger partial charge in [-0.3, -0.25) is 0 Å². The van der Waals surface area contributed by atoms with E-state index in [4.69, 9.17) is 0 Å². The molecular formula is C30H54FNS. The van der Waals surface area contributed by atoms with Crippen LogP contribution < -0.4 is 6.15 Å². The predicted octanol–water partition coefficient (Wildman–Crippen LogP) is 10.3. The van der Waals surface area contributed by atoms with Gasteiger partial charge in [0.1, 0.15) is 0 Å². The van der Waals surface area contributed by atoms with Crippen LogP contribution in [-0.4, -0.2) is 5.75 Å². The summed E-state index contributed by atoms with van der Waals surface area (Å²) in [6.45, 7) is 9.73. The first kappa shape index (κ1) is 27.6. The molecule has 1 nitrogen and oxygen atoms in total. The molecule has 0 amide bonds. The zero-order valence-corrected chi connectivity index (χ0v) is 23.2. The van der Waals surface area contributed by atoms with Crippen molar-refractivity contribution in [2.45, 2.75) is 124 Å². The molecule has 0 aromatic rings. The molecule has 3 heteroatoms. The minimum absolute atomic E-state index is 0. The molecule has 0 saturated heterocycles. The van der Waals surface area contributed by atoms with Crippen molar-refractivity contribution in [2.75, 3.05) is 5.75 Å². The van der Waals surface area contributed by atoms with Gasteiger partial charge in [-0.25, -0.2) is 0 Å². The number of rotatable bonds is 10. The molecule has 33 heavy (non-hydrogen) atoms. The van der Waals surface area contributed by atoms with Crippen LogP contribution in [0.4, 0.5) is 3.89 Å². The highest BCUT2D eigenvalue weighted by molar-refractivity contribution is 7.94. The number of halogens is 1. The van der Waals surface area contributed by atoms with Crippen LogP contribution in [0.15, 0.2) is 11.1 Å². The summed E-state index contributed by atoms with van der Waals surface area (Å²) in [6.07, 6.45) is 21.0. The molecule has 4 aliphatic rings. The van der Waals surface area contributed by atoms with E-state index in [9.17, 15) is 3.89 Å². The van der Waals surface area contributed by atoms with Crippen molar-refractivity contribution in [3.63, 3.8) is 0 Å². The zero-order valence-electron chi connectivity index (χ0n) is 22.3. The fraction of sp³-hybridized carbons (Fsp3) is 0.933. The van der Waals surface area contributed by atoms with Gasteiger partial charge in [0.05, 0.1) is 0 Å². The third-order valence-corrected chi connectivity index (χ3v) is 11.2. The van der Waals surface area contributed by atoms with Crippen molar-refractivity contribution >= 4 is 12.1 Å². The van der Waals surface area contributed by atoms with E-state index in [0.29, 0.717) is 23.5 Å². The third-order valence-electron chi connectivity index (χ3n) is 10.7. The molecule has 2 saturated carbocycles. The first-order valence-electron chi connectivity index (χ1n) is 14.4. The summed E-state index contributed by atoms with van der Waals surface area (Å²) in [5, 5.41) is 0. The van der Waals surface area contributed by atoms with Crippen LogP contribution in [0, 0.1) is 46.8 Å². The van der Waals surface area contributed by atoms with Crippen molar-refractivity contribution in [1.82, 2.24) is 6.15 Å². The number of fused-ring (bicyclic) bond motifs is 4. The zero-order chi connectivity index (χ0) is 22.7. The summed E-state index contributed by atoms with van der Waals surface area (Å²) in [4.78, 5) is 0. The molecular weight excluding hydrogens is 425 g/mol. The van der Waals surface area contributed by atoms with Crippen LogP contribution >= 0.6 is 12.1 Å². The Morgan fingerprint density at radius 2 is 1.85 bits per heavy atom. The van der Waals surface area contributed by atoms with Gasteiger partial charge in [0, 0.05) is 17.9 Å². The molecule has 0 spiro atoms. The quantitative estimate of drug-likeness (QED) is 0.250. The minimum atomic E-state index is 0. The topological polar surface area (TPSA) is 35.0 Å². The molecule has 0 bridgehead atoms. The summed E-state index contributed by atoms with van der Waals surface area (Å²) in [6, 6.07) is 0. The van der Waals surface area contributed by atoms with E-state index in [2.05, 4.69) is 27.7 Å². The van der Waals surface area contributed by atoms with E-state index in [1.165, 1.54) is 96.3 Å². The lowest BCUT2D eigenvalue weighted by Crippen LogP contribution is -2.45. The standard InChI is InChI=1S/C30H51FS.H3N/c1-5-6-10-22-12-14-25-26-16-17-30(4)24(11-8-7-9-21(2)3)13-15-29(30)28(26)19-23(20-32-31)27(25)18-22;/h21-24,26,28-29H,5-20H2,1-4H3;1H3. The largest absolute Gasteiger partial charge is 0.344 e. The Labute approximate surface area is 209 Å². The lowest BCUT2D eigenvalue weighted by Gasteiger charge is -2.54. The SMILES string of the molecule is CCCCC1CCC2=C(C1)C(CSF)CC1C2CCC2(C)C(CCCCC(C)C)CCC12.N. The lowest BCUT2D eigenvalue weighted by atomic mass is 9.51. The average molecular weight is 480 g/mol. The first-order valence-corrected chi connectivity index (χ1v) is 15.3. The lowest BCUT2D eigenvalue weighted by molar-refractivity contribution is 0.00317. The van der Waals surface area contributed by atoms with Crippen LogP contribution in [0.25, 0.3) is 0 Å². The van der Waals surface area contributed by atoms with Gasteiger partial charge in [-0.1, -0.05) is 77.4 Å². The molecule has 7 atom stereocenters. The van der Waals surface area contributed by atoms with E-state index in [1.807, 2.05) is 5.57 Å². The van der Waals surface area contributed by atoms with E-state index >= 15 is 0 Å². The molecule has 0 radical (unpaired) electrons. The Kier molecular flexibility index (Phi) is 10.3. The third kappa shape index (κ3) is 5.87. The monoisotopic (exact) mass is 479 g/mol. The summed E-state index contributed by atoms with van der Waals surface area (Å²) < 4.78 is 13.6. The van der Waals surface area contributed by atoms with Crippen molar-refractivity contribution in [3.05, 3.63) is 11.1 Å². The van der Waals surface area contributed by atoms with Gasteiger partial charge < -0.3 is 6.15 Å². The number of unbranched alkanes of at least 4 members (excludes halogenated alkanes) is 2. The highest BCUT2D eigenvalue weighted by Gasteiger charge is 2.55. The summed E-state index contributed by atoms with van der Waals surface area (Å²) in [7, 11) is 0. The van der Waals surface area contributed by atoms with Crippen molar-refractivity contribution in [1.29, 1.82) is 0 Å². The van der Waals surface area contributed by atoms with E-state index < -0.39 is 0 Å². The normalized spacial score (nSPS) is 38.0. The van der Waals surface area contributed by atoms with Crippen LogP contribution in [-0.2, 0) is 0 Å². The van der Waals surface area contributed by atoms with E-state index in [0.717, 1.165) is 41.3 Å². The fourth-order valence-corrected chi connectivity index (χ4v) is 9.44. The van der Waals surface area contributed by atoms with Crippen LogP contribution in [0.5, 0.6) is 0 Å². The Morgan fingerprint density at radius 3 is 2.58 bits per heavy atom. The van der Waals surface area contributed by atoms with Crippen LogP contribution in [0.3, 0.4) is 0 Å². The second-order valence-electron chi connectivity index (χ2n) is 12.9. The highest BCUT2D eigenvalue weighted by atomic mass is 32.2. The molecule has 4 rings (SSSR count). The van der Waals surface area contributed by atoms with Crippen LogP contribution in [0.1, 0.15) is 124 Å². The van der Waals surface area contributed by atoms with Gasteiger partial charge in [-0.15, -0.1) is 0 Å². The van der Waals surface area contributed by atoms with Gasteiger partial charge in [0.15, 0.2) is 0 Å². The Morgan fingerprint density at radius 1 is 1.03 bits per heavy atom. The maximum atomic E-state index is 13.6. The molecule has 0 heterocycles.